The molecule has 2 nitrogen and oxygen atoms in total. The normalized spacial score (nSPS) is 14.2. The first-order valence-corrected chi connectivity index (χ1v) is 3.74. The van der Waals surface area contributed by atoms with Gasteiger partial charge in [-0.15, -0.1) is 0 Å². The molecule has 0 aliphatic carbocycles. The maximum atomic E-state index is 11.3. The number of hydrogen-bond acceptors (Lipinski definition) is 2. The fraction of sp³-hybridized carbons (Fsp3) is 0.300. The van der Waals surface area contributed by atoms with Gasteiger partial charge in [-0.25, -0.2) is 0 Å². The van der Waals surface area contributed by atoms with Crippen LogP contribution >= 0.6 is 0 Å². The van der Waals surface area contributed by atoms with E-state index in [9.17, 15) is 4.79 Å². The number of ketones is 1. The smallest absolute Gasteiger partial charge is 0.162 e. The second-order valence-electron chi connectivity index (χ2n) is 2.40. The second kappa shape index (κ2) is 3.90. The number of Topliss-reactive ketones (excluding diaryl/α,β-unsaturated/α-hetero) is 1. The molecule has 0 aromatic heterocycles. The van der Waals surface area contributed by atoms with Crippen molar-refractivity contribution in [3.63, 3.8) is 0 Å². The Morgan fingerprint density at radius 2 is 2.17 bits per heavy atom. The van der Waals surface area contributed by atoms with Crippen LogP contribution in [0.5, 0.6) is 5.75 Å². The fourth-order valence-corrected chi connectivity index (χ4v) is 0.913. The molecule has 2 heteroatoms. The third-order valence-corrected chi connectivity index (χ3v) is 1.62. The van der Waals surface area contributed by atoms with Crippen molar-refractivity contribution in [2.45, 2.75) is 13.3 Å². The number of benzene rings is 1. The zero-order valence-corrected chi connectivity index (χ0v) is 6.83. The summed E-state index contributed by atoms with van der Waals surface area (Å²) >= 11 is 0. The lowest BCUT2D eigenvalue weighted by molar-refractivity contribution is 0.0988. The molecule has 1 aromatic rings. The minimum absolute atomic E-state index is 0.0235. The van der Waals surface area contributed by atoms with Crippen LogP contribution < -0.4 is 4.74 Å². The monoisotopic (exact) mass is 167 g/mol. The predicted octanol–water partition coefficient (Wildman–Crippen LogP) is 2.29. The molecular formula is C10H12O2. The number of carbonyl (C=O) groups excluding carboxylic acids is 1. The van der Waals surface area contributed by atoms with Gasteiger partial charge >= 0.3 is 0 Å². The number of rotatable bonds is 3. The van der Waals surface area contributed by atoms with E-state index in [1.807, 2.05) is 0 Å². The van der Waals surface area contributed by atoms with Crippen molar-refractivity contribution < 1.29 is 13.6 Å². The van der Waals surface area contributed by atoms with Gasteiger partial charge in [0.2, 0.25) is 0 Å². The second-order valence-corrected chi connectivity index (χ2v) is 2.40. The predicted molar refractivity (Wildman–Crippen MR) is 47.6 cm³/mol. The molecule has 0 aliphatic heterocycles. The molecule has 0 radical (unpaired) electrons. The Morgan fingerprint density at radius 1 is 1.50 bits per heavy atom. The lowest BCUT2D eigenvalue weighted by Gasteiger charge is -2.00. The van der Waals surface area contributed by atoms with Crippen molar-refractivity contribution in [3.05, 3.63) is 29.8 Å². The van der Waals surface area contributed by atoms with Gasteiger partial charge in [0.15, 0.2) is 5.78 Å². The highest BCUT2D eigenvalue weighted by molar-refractivity contribution is 5.95. The number of hydrogen-bond donors (Lipinski definition) is 0. The van der Waals surface area contributed by atoms with Gasteiger partial charge in [-0.3, -0.25) is 4.79 Å². The molecule has 1 rings (SSSR count). The van der Waals surface area contributed by atoms with Gasteiger partial charge in [0, 0.05) is 12.0 Å². The highest BCUT2D eigenvalue weighted by atomic mass is 16.5. The van der Waals surface area contributed by atoms with E-state index < -0.39 is 7.04 Å². The molecule has 0 spiro atoms. The van der Waals surface area contributed by atoms with Crippen LogP contribution in [0.15, 0.2) is 24.3 Å². The van der Waals surface area contributed by atoms with Crippen LogP contribution in [0.2, 0.25) is 0 Å². The first-order valence-electron chi connectivity index (χ1n) is 5.24. The van der Waals surface area contributed by atoms with E-state index in [1.54, 1.807) is 19.1 Å². The SMILES string of the molecule is [2H]C([2H])([2H])Oc1ccc(C(=O)CC)cc1. The molecule has 0 heterocycles. The van der Waals surface area contributed by atoms with Crippen LogP contribution in [0.1, 0.15) is 27.8 Å². The summed E-state index contributed by atoms with van der Waals surface area (Å²) in [6.07, 6.45) is 0.430. The van der Waals surface area contributed by atoms with Crippen LogP contribution in [-0.2, 0) is 0 Å². The van der Waals surface area contributed by atoms with Gasteiger partial charge in [-0.1, -0.05) is 6.92 Å². The Hall–Kier alpha value is -1.31. The quantitative estimate of drug-likeness (QED) is 0.645. The maximum Gasteiger partial charge on any atom is 0.162 e. The third kappa shape index (κ3) is 1.84. The van der Waals surface area contributed by atoms with E-state index in [2.05, 4.69) is 4.74 Å². The molecule has 0 saturated carbocycles. The molecule has 0 amide bonds. The lowest BCUT2D eigenvalue weighted by atomic mass is 10.1. The summed E-state index contributed by atoms with van der Waals surface area (Å²) in [5.41, 5.74) is 0.565. The molecular weight excluding hydrogens is 152 g/mol. The van der Waals surface area contributed by atoms with E-state index in [4.69, 9.17) is 4.11 Å². The summed E-state index contributed by atoms with van der Waals surface area (Å²) in [5, 5.41) is 0. The Bertz CT molecular complexity index is 341. The van der Waals surface area contributed by atoms with E-state index in [0.717, 1.165) is 0 Å². The van der Waals surface area contributed by atoms with Gasteiger partial charge in [0.25, 0.3) is 0 Å². The van der Waals surface area contributed by atoms with E-state index in [1.165, 1.54) is 12.1 Å². The molecule has 0 atom stereocenters. The van der Waals surface area contributed by atoms with Crippen molar-refractivity contribution in [2.75, 3.05) is 7.04 Å². The highest BCUT2D eigenvalue weighted by Crippen LogP contribution is 2.12. The first kappa shape index (κ1) is 5.36. The summed E-state index contributed by atoms with van der Waals surface area (Å²) in [7, 11) is -2.45. The van der Waals surface area contributed by atoms with Crippen molar-refractivity contribution in [3.8, 4) is 5.75 Å². The Kier molecular flexibility index (Phi) is 1.74. The molecule has 0 unspecified atom stereocenters. The summed E-state index contributed by atoms with van der Waals surface area (Å²) in [6.45, 7) is 1.77. The average Bonchev–Trinajstić information content (AvgIpc) is 2.15. The lowest BCUT2D eigenvalue weighted by Crippen LogP contribution is -1.95. The van der Waals surface area contributed by atoms with Crippen molar-refractivity contribution in [1.82, 2.24) is 0 Å². The maximum absolute atomic E-state index is 11.3. The highest BCUT2D eigenvalue weighted by Gasteiger charge is 2.01. The zero-order chi connectivity index (χ0) is 11.5. The van der Waals surface area contributed by atoms with E-state index in [-0.39, 0.29) is 11.5 Å². The molecule has 12 heavy (non-hydrogen) atoms. The number of carbonyl (C=O) groups is 1. The average molecular weight is 167 g/mol. The first-order chi connectivity index (χ1) is 6.92. The van der Waals surface area contributed by atoms with Gasteiger partial charge in [-0.05, 0) is 24.3 Å². The van der Waals surface area contributed by atoms with Crippen LogP contribution in [0.25, 0.3) is 0 Å². The third-order valence-electron chi connectivity index (χ3n) is 1.62. The molecule has 0 saturated heterocycles. The minimum Gasteiger partial charge on any atom is -0.497 e. The van der Waals surface area contributed by atoms with Crippen molar-refractivity contribution in [1.29, 1.82) is 0 Å². The Labute approximate surface area is 76.4 Å². The Balaban J connectivity index is 2.77. The van der Waals surface area contributed by atoms with E-state index >= 15 is 0 Å². The Morgan fingerprint density at radius 3 is 2.67 bits per heavy atom. The van der Waals surface area contributed by atoms with Crippen LogP contribution in [-0.4, -0.2) is 12.8 Å². The van der Waals surface area contributed by atoms with Gasteiger partial charge < -0.3 is 4.74 Å². The number of methoxy groups -OCH3 is 1. The van der Waals surface area contributed by atoms with Crippen molar-refractivity contribution >= 4 is 5.78 Å². The van der Waals surface area contributed by atoms with Gasteiger partial charge in [0.1, 0.15) is 5.75 Å². The van der Waals surface area contributed by atoms with Gasteiger partial charge in [-0.2, -0.15) is 0 Å². The molecule has 64 valence electrons. The summed E-state index contributed by atoms with van der Waals surface area (Å²) in [5.74, 6) is 0.262. The van der Waals surface area contributed by atoms with Crippen LogP contribution in [0, 0.1) is 0 Å². The molecule has 0 bridgehead atoms. The summed E-state index contributed by atoms with van der Waals surface area (Å²) in [6, 6.07) is 6.09. The molecule has 0 N–H and O–H groups in total. The number of ether oxygens (including phenoxy) is 1. The van der Waals surface area contributed by atoms with Crippen LogP contribution in [0.3, 0.4) is 0 Å². The zero-order valence-electron chi connectivity index (χ0n) is 9.83. The van der Waals surface area contributed by atoms with Gasteiger partial charge in [0.05, 0.1) is 11.2 Å². The summed E-state index contributed by atoms with van der Waals surface area (Å²) in [4.78, 5) is 11.3. The largest absolute Gasteiger partial charge is 0.497 e. The summed E-state index contributed by atoms with van der Waals surface area (Å²) < 4.78 is 25.3. The fourth-order valence-electron chi connectivity index (χ4n) is 0.913. The van der Waals surface area contributed by atoms with Crippen molar-refractivity contribution in [2.24, 2.45) is 0 Å². The molecule has 0 aliphatic rings. The molecule has 0 fully saturated rings. The minimum atomic E-state index is -2.45. The standard InChI is InChI=1S/C10H12O2/c1-3-10(11)8-4-6-9(12-2)7-5-8/h4-7H,3H2,1-2H3/i2D3. The van der Waals surface area contributed by atoms with E-state index in [0.29, 0.717) is 12.0 Å². The van der Waals surface area contributed by atoms with Crippen LogP contribution in [0.4, 0.5) is 0 Å². The molecule has 1 aromatic carbocycles. The topological polar surface area (TPSA) is 26.3 Å².